The minimum Gasteiger partial charge on any atom is -0.0833 e. The van der Waals surface area contributed by atoms with Crippen molar-refractivity contribution >= 4 is 16.8 Å². The fraction of sp³-hybridized carbons (Fsp3) is 0.236. The lowest BCUT2D eigenvalue weighted by molar-refractivity contribution is 0.476. The van der Waals surface area contributed by atoms with Crippen molar-refractivity contribution in [3.8, 4) is 55.6 Å². The Bertz CT molecular complexity index is 2660. The van der Waals surface area contributed by atoms with Crippen molar-refractivity contribution in [1.29, 1.82) is 0 Å². The number of benzene rings is 7. The molecule has 0 nitrogen and oxygen atoms in total. The maximum Gasteiger partial charge on any atom is 0.0210 e. The summed E-state index contributed by atoms with van der Waals surface area (Å²) in [6, 6.07) is 51.3. The van der Waals surface area contributed by atoms with Crippen molar-refractivity contribution in [3.05, 3.63) is 173 Å². The topological polar surface area (TPSA) is 0 Å². The first-order valence-corrected chi connectivity index (χ1v) is 20.8. The second-order valence-electron chi connectivity index (χ2n) is 16.4. The Kier molecular flexibility index (Phi) is 7.93. The summed E-state index contributed by atoms with van der Waals surface area (Å²) in [5, 5.41) is 2.66. The lowest BCUT2D eigenvalue weighted by Gasteiger charge is -2.33. The van der Waals surface area contributed by atoms with Crippen LogP contribution in [-0.2, 0) is 10.8 Å². The Morgan fingerprint density at radius 3 is 1.67 bits per heavy atom. The van der Waals surface area contributed by atoms with Crippen molar-refractivity contribution < 1.29 is 0 Å². The van der Waals surface area contributed by atoms with Crippen LogP contribution >= 0.6 is 0 Å². The average Bonchev–Trinajstić information content (AvgIpc) is 3.68. The zero-order chi connectivity index (χ0) is 37.5. The van der Waals surface area contributed by atoms with Gasteiger partial charge in [-0.05, 0) is 150 Å². The second kappa shape index (κ2) is 12.8. The Hall–Kier alpha value is -5.46. The summed E-state index contributed by atoms with van der Waals surface area (Å²) in [6.07, 6.45) is 10.3. The van der Waals surface area contributed by atoms with Crippen LogP contribution in [-0.4, -0.2) is 0 Å². The molecule has 0 radical (unpaired) electrons. The predicted octanol–water partition coefficient (Wildman–Crippen LogP) is 15.5. The first kappa shape index (κ1) is 34.1. The van der Waals surface area contributed by atoms with Crippen molar-refractivity contribution in [2.24, 2.45) is 0 Å². The van der Waals surface area contributed by atoms with Gasteiger partial charge in [0.2, 0.25) is 0 Å². The molecular weight excluding hydrogens is 661 g/mol. The fourth-order valence-corrected chi connectivity index (χ4v) is 11.4. The highest BCUT2D eigenvalue weighted by Crippen LogP contribution is 2.60. The maximum atomic E-state index is 2.66. The van der Waals surface area contributed by atoms with Crippen LogP contribution in [0.2, 0.25) is 0 Å². The van der Waals surface area contributed by atoms with Gasteiger partial charge in [0.05, 0.1) is 0 Å². The van der Waals surface area contributed by atoms with Gasteiger partial charge < -0.3 is 0 Å². The summed E-state index contributed by atoms with van der Waals surface area (Å²) in [5.41, 5.74) is 22.7. The summed E-state index contributed by atoms with van der Waals surface area (Å²) < 4.78 is 0. The molecule has 0 heterocycles. The van der Waals surface area contributed by atoms with Crippen molar-refractivity contribution in [2.45, 2.75) is 83.5 Å². The third kappa shape index (κ3) is 4.70. The SMILES string of the molecule is CCC1(CC)c2ccccc2-c2cc3c(cc21)C(CC)(CC)c1cc(-c2ccc(-c4c5c(c(-c6ccccc6)c6ccccc46)C(C)CC=C5)cc2)ccc1-3. The minimum absolute atomic E-state index is 0.000843. The molecule has 0 bridgehead atoms. The van der Waals surface area contributed by atoms with Crippen molar-refractivity contribution in [2.75, 3.05) is 0 Å². The Balaban J connectivity index is 1.10. The van der Waals surface area contributed by atoms with E-state index < -0.39 is 0 Å². The fourth-order valence-electron chi connectivity index (χ4n) is 11.4. The highest BCUT2D eigenvalue weighted by molar-refractivity contribution is 6.10. The Morgan fingerprint density at radius 2 is 0.982 bits per heavy atom. The molecule has 0 spiro atoms. The molecule has 3 aliphatic rings. The molecule has 270 valence electrons. The van der Waals surface area contributed by atoms with E-state index in [9.17, 15) is 0 Å². The smallest absolute Gasteiger partial charge is 0.0210 e. The lowest BCUT2D eigenvalue weighted by atomic mass is 9.70. The Morgan fingerprint density at radius 1 is 0.455 bits per heavy atom. The van der Waals surface area contributed by atoms with Gasteiger partial charge >= 0.3 is 0 Å². The van der Waals surface area contributed by atoms with Gasteiger partial charge in [0.15, 0.2) is 0 Å². The standard InChI is InChI=1S/C55H50/c1-6-54(7-2)47-25-16-15-21-40(47)45-33-46-41-31-30-39(32-48(41)55(8-3,9-4)50(46)34-49(45)54)36-26-28-38(29-27-36)52-42-22-13-14-23-43(42)53(37-19-11-10-12-20-37)51-35(5)18-17-24-44(51)52/h10-17,19-35H,6-9,18H2,1-5H3. The van der Waals surface area contributed by atoms with Crippen LogP contribution < -0.4 is 0 Å². The quantitative estimate of drug-likeness (QED) is 0.154. The van der Waals surface area contributed by atoms with E-state index in [-0.39, 0.29) is 10.8 Å². The number of hydrogen-bond acceptors (Lipinski definition) is 0. The first-order chi connectivity index (χ1) is 27.0. The van der Waals surface area contributed by atoms with Gasteiger partial charge in [-0.3, -0.25) is 0 Å². The third-order valence-corrected chi connectivity index (χ3v) is 14.3. The van der Waals surface area contributed by atoms with Gasteiger partial charge in [-0.1, -0.05) is 168 Å². The molecular formula is C55H50. The molecule has 1 unspecified atom stereocenters. The lowest BCUT2D eigenvalue weighted by Crippen LogP contribution is -2.26. The normalized spacial score (nSPS) is 16.7. The van der Waals surface area contributed by atoms with E-state index in [1.54, 1.807) is 5.56 Å². The van der Waals surface area contributed by atoms with Crippen LogP contribution in [0.15, 0.2) is 140 Å². The van der Waals surface area contributed by atoms with E-state index in [4.69, 9.17) is 0 Å². The molecule has 3 aliphatic carbocycles. The van der Waals surface area contributed by atoms with Gasteiger partial charge in [0, 0.05) is 10.8 Å². The third-order valence-electron chi connectivity index (χ3n) is 14.3. The van der Waals surface area contributed by atoms with Crippen LogP contribution in [0.25, 0.3) is 72.5 Å². The van der Waals surface area contributed by atoms with Crippen LogP contribution in [0.1, 0.15) is 106 Å². The number of rotatable bonds is 7. The zero-order valence-electron chi connectivity index (χ0n) is 33.0. The second-order valence-corrected chi connectivity index (χ2v) is 16.4. The zero-order valence-corrected chi connectivity index (χ0v) is 33.0. The summed E-state index contributed by atoms with van der Waals surface area (Å²) in [6.45, 7) is 12.0. The van der Waals surface area contributed by atoms with Gasteiger partial charge in [-0.2, -0.15) is 0 Å². The molecule has 7 aromatic carbocycles. The highest BCUT2D eigenvalue weighted by atomic mass is 14.5. The molecule has 1 atom stereocenters. The molecule has 7 aromatic rings. The number of allylic oxidation sites excluding steroid dienone is 1. The number of hydrogen-bond donors (Lipinski definition) is 0. The van der Waals surface area contributed by atoms with Crippen molar-refractivity contribution in [3.63, 3.8) is 0 Å². The van der Waals surface area contributed by atoms with Gasteiger partial charge in [0.25, 0.3) is 0 Å². The van der Waals surface area contributed by atoms with E-state index in [0.717, 1.165) is 32.1 Å². The van der Waals surface area contributed by atoms with Crippen LogP contribution in [0.4, 0.5) is 0 Å². The molecule has 0 amide bonds. The maximum absolute atomic E-state index is 2.66. The molecule has 0 aromatic heterocycles. The van der Waals surface area contributed by atoms with Gasteiger partial charge in [-0.15, -0.1) is 0 Å². The van der Waals surface area contributed by atoms with Crippen molar-refractivity contribution in [1.82, 2.24) is 0 Å². The minimum atomic E-state index is -0.000843. The molecule has 0 fully saturated rings. The van der Waals surface area contributed by atoms with Crippen LogP contribution in [0, 0.1) is 0 Å². The van der Waals surface area contributed by atoms with E-state index >= 15 is 0 Å². The van der Waals surface area contributed by atoms with E-state index in [2.05, 4.69) is 180 Å². The number of fused-ring (bicyclic) bond motifs is 8. The first-order valence-electron chi connectivity index (χ1n) is 20.8. The predicted molar refractivity (Wildman–Crippen MR) is 236 cm³/mol. The van der Waals surface area contributed by atoms with E-state index in [0.29, 0.717) is 5.92 Å². The monoisotopic (exact) mass is 710 g/mol. The summed E-state index contributed by atoms with van der Waals surface area (Å²) >= 11 is 0. The molecule has 0 heteroatoms. The molecule has 0 aliphatic heterocycles. The molecule has 10 rings (SSSR count). The van der Waals surface area contributed by atoms with Gasteiger partial charge in [0.1, 0.15) is 0 Å². The Labute approximate surface area is 327 Å². The summed E-state index contributed by atoms with van der Waals surface area (Å²) in [4.78, 5) is 0. The average molecular weight is 711 g/mol. The summed E-state index contributed by atoms with van der Waals surface area (Å²) in [7, 11) is 0. The van der Waals surface area contributed by atoms with E-state index in [1.165, 1.54) is 94.2 Å². The van der Waals surface area contributed by atoms with Crippen LogP contribution in [0.3, 0.4) is 0 Å². The largest absolute Gasteiger partial charge is 0.0833 e. The van der Waals surface area contributed by atoms with Gasteiger partial charge in [-0.25, -0.2) is 0 Å². The molecule has 0 N–H and O–H groups in total. The van der Waals surface area contributed by atoms with Crippen LogP contribution in [0.5, 0.6) is 0 Å². The molecule has 0 saturated heterocycles. The highest BCUT2D eigenvalue weighted by Gasteiger charge is 2.46. The summed E-state index contributed by atoms with van der Waals surface area (Å²) in [5.74, 6) is 0.446. The molecule has 0 saturated carbocycles. The molecule has 55 heavy (non-hydrogen) atoms. The van der Waals surface area contributed by atoms with E-state index in [1.807, 2.05) is 0 Å².